The number of nitriles is 1. The zero-order valence-electron chi connectivity index (χ0n) is 3.49. The molecule has 0 amide bonds. The van der Waals surface area contributed by atoms with Gasteiger partial charge < -0.3 is 0 Å². The topological polar surface area (TPSA) is 45.0 Å². The van der Waals surface area contributed by atoms with Crippen LogP contribution in [0.4, 0.5) is 13.2 Å². The average Bonchev–Trinajstić information content (AvgIpc) is 1.59. The van der Waals surface area contributed by atoms with E-state index in [0.29, 0.717) is 0 Å². The van der Waals surface area contributed by atoms with Gasteiger partial charge in [-0.3, -0.25) is 0 Å². The normalized spacial score (nSPS) is 10.2. The third-order valence-corrected chi connectivity index (χ3v) is 0.212. The van der Waals surface area contributed by atoms with Gasteiger partial charge in [-0.15, -0.1) is 13.2 Å². The summed E-state index contributed by atoms with van der Waals surface area (Å²) in [5, 5.41) is 7.44. The van der Waals surface area contributed by atoms with Crippen LogP contribution in [0.2, 0.25) is 0 Å². The lowest BCUT2D eigenvalue weighted by Crippen LogP contribution is -2.21. The van der Waals surface area contributed by atoms with Crippen LogP contribution in [0.1, 0.15) is 0 Å². The second kappa shape index (κ2) is 2.37. The number of halogens is 3. The predicted octanol–water partition coefficient (Wildman–Crippen LogP) is 0.508. The van der Waals surface area contributed by atoms with E-state index in [1.165, 1.54) is 0 Å². The fourth-order valence-corrected chi connectivity index (χ4v) is 0.0807. The molecule has 0 rings (SSSR count). The predicted molar refractivity (Wildman–Crippen MR) is 15.9 cm³/mol. The van der Waals surface area contributed by atoms with Crippen molar-refractivity contribution in [2.75, 3.05) is 0 Å². The Morgan fingerprint density at radius 2 is 2.00 bits per heavy atom. The van der Waals surface area contributed by atoms with Gasteiger partial charge in [0.2, 0.25) is 6.19 Å². The van der Waals surface area contributed by atoms with Crippen molar-refractivity contribution in [2.24, 2.45) is 0 Å². The second-order valence-corrected chi connectivity index (χ2v) is 0.762. The Morgan fingerprint density at radius 3 is 2.12 bits per heavy atom. The summed E-state index contributed by atoms with van der Waals surface area (Å²) in [4.78, 5) is 2.77. The van der Waals surface area contributed by atoms with Crippen LogP contribution in [0.5, 0.6) is 0 Å². The third-order valence-electron chi connectivity index (χ3n) is 0.212. The summed E-state index contributed by atoms with van der Waals surface area (Å²) in [5.74, 6) is 0. The van der Waals surface area contributed by atoms with E-state index < -0.39 is 6.36 Å². The highest BCUT2D eigenvalue weighted by atomic mass is 19.4. The van der Waals surface area contributed by atoms with Crippen molar-refractivity contribution in [3.05, 3.63) is 0 Å². The Hall–Kier alpha value is -0.960. The maximum atomic E-state index is 10.8. The lowest BCUT2D eigenvalue weighted by molar-refractivity contribution is -0.343. The van der Waals surface area contributed by atoms with Gasteiger partial charge in [0.15, 0.2) is 0 Å². The van der Waals surface area contributed by atoms with Gasteiger partial charge in [0.1, 0.15) is 0 Å². The highest BCUT2D eigenvalue weighted by molar-refractivity contribution is 4.53. The fourth-order valence-electron chi connectivity index (χ4n) is 0.0807. The van der Waals surface area contributed by atoms with Gasteiger partial charge in [0, 0.05) is 0 Å². The molecule has 1 N–H and O–H groups in total. The van der Waals surface area contributed by atoms with Crippen molar-refractivity contribution in [1.29, 1.82) is 5.26 Å². The fraction of sp³-hybridized carbons (Fsp3) is 0.500. The van der Waals surface area contributed by atoms with E-state index in [2.05, 4.69) is 4.84 Å². The highest BCUT2D eigenvalue weighted by Crippen LogP contribution is 2.13. The summed E-state index contributed by atoms with van der Waals surface area (Å²) >= 11 is 0. The maximum absolute atomic E-state index is 10.8. The van der Waals surface area contributed by atoms with Gasteiger partial charge in [0.05, 0.1) is 0 Å². The molecule has 0 heterocycles. The van der Waals surface area contributed by atoms with Crippen molar-refractivity contribution in [3.8, 4) is 6.19 Å². The van der Waals surface area contributed by atoms with E-state index in [0.717, 1.165) is 11.7 Å². The summed E-state index contributed by atoms with van der Waals surface area (Å²) in [6.45, 7) is 0. The molecule has 0 aliphatic rings. The molecule has 0 spiro atoms. The Kier molecular flexibility index (Phi) is 2.09. The van der Waals surface area contributed by atoms with Crippen LogP contribution >= 0.6 is 0 Å². The molecule has 3 nitrogen and oxygen atoms in total. The van der Waals surface area contributed by atoms with Crippen LogP contribution in [-0.4, -0.2) is 6.36 Å². The minimum Gasteiger partial charge on any atom is -0.193 e. The lowest BCUT2D eigenvalue weighted by Gasteiger charge is -2.00. The van der Waals surface area contributed by atoms with Crippen LogP contribution in [0, 0.1) is 11.5 Å². The van der Waals surface area contributed by atoms with Crippen LogP contribution in [0.15, 0.2) is 0 Å². The molecule has 0 aliphatic carbocycles. The standard InChI is InChI=1S/C2HF3N2O/c3-2(4,5)8-7-1-6/h7H. The first-order chi connectivity index (χ1) is 3.56. The second-order valence-electron chi connectivity index (χ2n) is 0.762. The quantitative estimate of drug-likeness (QED) is 0.316. The molecule has 0 aliphatic heterocycles. The first-order valence-corrected chi connectivity index (χ1v) is 1.45. The monoisotopic (exact) mass is 126 g/mol. The molecule has 0 saturated heterocycles. The number of rotatable bonds is 1. The number of hydrogen-bond donors (Lipinski definition) is 1. The summed E-state index contributed by atoms with van der Waals surface area (Å²) in [6.07, 6.45) is -3.85. The smallest absolute Gasteiger partial charge is 0.193 e. The lowest BCUT2D eigenvalue weighted by atomic mass is 11.3. The summed E-state index contributed by atoms with van der Waals surface area (Å²) in [6, 6.07) is 0. The van der Waals surface area contributed by atoms with Gasteiger partial charge in [-0.05, 0) is 0 Å². The molecule has 0 radical (unpaired) electrons. The first-order valence-electron chi connectivity index (χ1n) is 1.45. The molecular formula is C2HF3N2O. The van der Waals surface area contributed by atoms with Crippen molar-refractivity contribution in [3.63, 3.8) is 0 Å². The van der Waals surface area contributed by atoms with Crippen LogP contribution in [0.25, 0.3) is 0 Å². The number of hydroxylamine groups is 1. The Labute approximate surface area is 42.6 Å². The molecule has 0 saturated carbocycles. The van der Waals surface area contributed by atoms with Gasteiger partial charge in [-0.1, -0.05) is 0 Å². The molecular weight excluding hydrogens is 125 g/mol. The summed E-state index contributed by atoms with van der Waals surface area (Å²) < 4.78 is 32.4. The minimum absolute atomic E-state index is 0.932. The molecule has 0 aromatic heterocycles. The van der Waals surface area contributed by atoms with E-state index in [1.807, 2.05) is 0 Å². The van der Waals surface area contributed by atoms with Crippen molar-refractivity contribution >= 4 is 0 Å². The SMILES string of the molecule is N#CNOC(F)(F)F. The molecule has 6 heteroatoms. The first kappa shape index (κ1) is 7.04. The van der Waals surface area contributed by atoms with E-state index in [1.54, 1.807) is 0 Å². The summed E-state index contributed by atoms with van der Waals surface area (Å²) in [5.41, 5.74) is 0.969. The maximum Gasteiger partial charge on any atom is 0.544 e. The van der Waals surface area contributed by atoms with E-state index >= 15 is 0 Å². The zero-order valence-corrected chi connectivity index (χ0v) is 3.49. The summed E-state index contributed by atoms with van der Waals surface area (Å²) in [7, 11) is 0. The minimum atomic E-state index is -4.78. The molecule has 0 unspecified atom stereocenters. The van der Waals surface area contributed by atoms with Crippen molar-refractivity contribution in [1.82, 2.24) is 5.48 Å². The van der Waals surface area contributed by atoms with Gasteiger partial charge in [-0.2, -0.15) is 15.6 Å². The molecule has 0 aromatic carbocycles. The van der Waals surface area contributed by atoms with Crippen LogP contribution < -0.4 is 5.48 Å². The Morgan fingerprint density at radius 1 is 1.50 bits per heavy atom. The molecule has 8 heavy (non-hydrogen) atoms. The average molecular weight is 126 g/mol. The van der Waals surface area contributed by atoms with E-state index in [-0.39, 0.29) is 0 Å². The van der Waals surface area contributed by atoms with Crippen LogP contribution in [0.3, 0.4) is 0 Å². The molecule has 0 bridgehead atoms. The highest BCUT2D eigenvalue weighted by Gasteiger charge is 2.29. The van der Waals surface area contributed by atoms with Crippen LogP contribution in [-0.2, 0) is 4.84 Å². The number of hydrogen-bond acceptors (Lipinski definition) is 3. The Balaban J connectivity index is 3.28. The van der Waals surface area contributed by atoms with Crippen molar-refractivity contribution < 1.29 is 18.0 Å². The third kappa shape index (κ3) is 5.04. The number of alkyl halides is 3. The largest absolute Gasteiger partial charge is 0.544 e. The molecule has 0 fully saturated rings. The Bertz CT molecular complexity index is 103. The van der Waals surface area contributed by atoms with E-state index in [9.17, 15) is 13.2 Å². The molecule has 46 valence electrons. The van der Waals surface area contributed by atoms with Gasteiger partial charge >= 0.3 is 6.36 Å². The molecule has 0 atom stereocenters. The molecule has 0 aromatic rings. The van der Waals surface area contributed by atoms with Gasteiger partial charge in [-0.25, -0.2) is 0 Å². The van der Waals surface area contributed by atoms with Gasteiger partial charge in [0.25, 0.3) is 0 Å². The van der Waals surface area contributed by atoms with Crippen molar-refractivity contribution in [2.45, 2.75) is 6.36 Å². The zero-order chi connectivity index (χ0) is 6.62. The number of nitrogens with one attached hydrogen (secondary N) is 1. The number of nitrogens with zero attached hydrogens (tertiary/aromatic N) is 1. The van der Waals surface area contributed by atoms with E-state index in [4.69, 9.17) is 5.26 Å².